The minimum Gasteiger partial charge on any atom is -0.379 e. The van der Waals surface area contributed by atoms with Crippen molar-refractivity contribution in [2.24, 2.45) is 0 Å². The standard InChI is InChI=1S/C21H26BrClN2O4S/c1-16(2)29-13-3-12-24-21(26)15-25(14-17-4-8-19(23)9-5-17)30(27,28)20-10-6-18(22)7-11-20/h4-11,16H,3,12-15H2,1-2H3,(H,24,26). The summed E-state index contributed by atoms with van der Waals surface area (Å²) in [7, 11) is -3.87. The van der Waals surface area contributed by atoms with Gasteiger partial charge in [-0.15, -0.1) is 0 Å². The van der Waals surface area contributed by atoms with Crippen LogP contribution in [0.15, 0.2) is 57.9 Å². The fraction of sp³-hybridized carbons (Fsp3) is 0.381. The molecule has 164 valence electrons. The molecular weight excluding hydrogens is 492 g/mol. The molecule has 1 N–H and O–H groups in total. The van der Waals surface area contributed by atoms with Crippen LogP contribution in [0.4, 0.5) is 0 Å². The van der Waals surface area contributed by atoms with Gasteiger partial charge in [-0.25, -0.2) is 8.42 Å². The Morgan fingerprint density at radius 2 is 1.77 bits per heavy atom. The maximum Gasteiger partial charge on any atom is 0.243 e. The highest BCUT2D eigenvalue weighted by molar-refractivity contribution is 9.10. The second-order valence-corrected chi connectivity index (χ2v) is 10.3. The number of nitrogens with one attached hydrogen (secondary N) is 1. The summed E-state index contributed by atoms with van der Waals surface area (Å²) in [6.45, 7) is 4.61. The summed E-state index contributed by atoms with van der Waals surface area (Å²) >= 11 is 9.23. The summed E-state index contributed by atoms with van der Waals surface area (Å²) in [6, 6.07) is 13.2. The lowest BCUT2D eigenvalue weighted by atomic mass is 10.2. The summed E-state index contributed by atoms with van der Waals surface area (Å²) in [4.78, 5) is 12.6. The molecule has 0 radical (unpaired) electrons. The Balaban J connectivity index is 2.11. The number of rotatable bonds is 11. The van der Waals surface area contributed by atoms with Gasteiger partial charge >= 0.3 is 0 Å². The number of benzene rings is 2. The molecule has 6 nitrogen and oxygen atoms in total. The molecule has 1 amide bonds. The molecule has 2 aromatic carbocycles. The quantitative estimate of drug-likeness (QED) is 0.453. The Bertz CT molecular complexity index is 919. The van der Waals surface area contributed by atoms with Crippen molar-refractivity contribution in [3.63, 3.8) is 0 Å². The lowest BCUT2D eigenvalue weighted by Crippen LogP contribution is -2.40. The van der Waals surface area contributed by atoms with E-state index >= 15 is 0 Å². The lowest BCUT2D eigenvalue weighted by molar-refractivity contribution is -0.121. The van der Waals surface area contributed by atoms with Crippen molar-refractivity contribution in [3.05, 3.63) is 63.6 Å². The van der Waals surface area contributed by atoms with E-state index in [4.69, 9.17) is 16.3 Å². The first-order valence-corrected chi connectivity index (χ1v) is 12.2. The van der Waals surface area contributed by atoms with Crippen LogP contribution in [-0.2, 0) is 26.1 Å². The number of sulfonamides is 1. The molecule has 0 saturated carbocycles. The van der Waals surface area contributed by atoms with Crippen molar-refractivity contribution in [2.75, 3.05) is 19.7 Å². The number of carbonyl (C=O) groups is 1. The van der Waals surface area contributed by atoms with Gasteiger partial charge in [-0.1, -0.05) is 39.7 Å². The normalized spacial score (nSPS) is 11.8. The molecule has 9 heteroatoms. The van der Waals surface area contributed by atoms with Crippen LogP contribution in [-0.4, -0.2) is 44.4 Å². The number of ether oxygens (including phenoxy) is 1. The van der Waals surface area contributed by atoms with Crippen LogP contribution >= 0.6 is 27.5 Å². The van der Waals surface area contributed by atoms with E-state index in [0.717, 1.165) is 10.0 Å². The summed E-state index contributed by atoms with van der Waals surface area (Å²) in [5, 5.41) is 3.32. The first-order valence-electron chi connectivity index (χ1n) is 9.57. The highest BCUT2D eigenvalue weighted by atomic mass is 79.9. The summed E-state index contributed by atoms with van der Waals surface area (Å²) in [5.74, 6) is -0.366. The summed E-state index contributed by atoms with van der Waals surface area (Å²) in [5.41, 5.74) is 0.734. The van der Waals surface area contributed by atoms with Crippen molar-refractivity contribution in [1.29, 1.82) is 0 Å². The van der Waals surface area contributed by atoms with Gasteiger partial charge in [-0.05, 0) is 62.2 Å². The Hall–Kier alpha value is -1.45. The van der Waals surface area contributed by atoms with Gasteiger partial charge in [0.25, 0.3) is 0 Å². The molecule has 2 rings (SSSR count). The topological polar surface area (TPSA) is 75.7 Å². The second-order valence-electron chi connectivity index (χ2n) is 6.98. The minimum absolute atomic E-state index is 0.0550. The molecule has 0 bridgehead atoms. The Morgan fingerprint density at radius 3 is 2.37 bits per heavy atom. The third kappa shape index (κ3) is 8.00. The van der Waals surface area contributed by atoms with Gasteiger partial charge in [0.1, 0.15) is 0 Å². The van der Waals surface area contributed by atoms with Crippen molar-refractivity contribution < 1.29 is 17.9 Å². The van der Waals surface area contributed by atoms with E-state index in [1.807, 2.05) is 13.8 Å². The highest BCUT2D eigenvalue weighted by Crippen LogP contribution is 2.21. The average molecular weight is 518 g/mol. The van der Waals surface area contributed by atoms with E-state index in [1.165, 1.54) is 16.4 Å². The molecule has 0 saturated heterocycles. The molecule has 0 atom stereocenters. The van der Waals surface area contributed by atoms with E-state index in [1.54, 1.807) is 36.4 Å². The van der Waals surface area contributed by atoms with E-state index in [-0.39, 0.29) is 30.0 Å². The molecule has 0 spiro atoms. The largest absolute Gasteiger partial charge is 0.379 e. The predicted octanol–water partition coefficient (Wildman–Crippen LogP) is 4.22. The maximum absolute atomic E-state index is 13.2. The van der Waals surface area contributed by atoms with E-state index in [9.17, 15) is 13.2 Å². The van der Waals surface area contributed by atoms with Crippen molar-refractivity contribution >= 4 is 43.5 Å². The van der Waals surface area contributed by atoms with Crippen LogP contribution < -0.4 is 5.32 Å². The first-order chi connectivity index (χ1) is 14.2. The number of halogens is 2. The van der Waals surface area contributed by atoms with Crippen molar-refractivity contribution in [2.45, 2.75) is 37.8 Å². The fourth-order valence-electron chi connectivity index (χ4n) is 2.61. The van der Waals surface area contributed by atoms with Gasteiger partial charge in [-0.2, -0.15) is 4.31 Å². The van der Waals surface area contributed by atoms with Crippen LogP contribution in [0.3, 0.4) is 0 Å². The molecule has 0 unspecified atom stereocenters. The van der Waals surface area contributed by atoms with E-state index < -0.39 is 10.0 Å². The SMILES string of the molecule is CC(C)OCCCNC(=O)CN(Cc1ccc(Cl)cc1)S(=O)(=O)c1ccc(Br)cc1. The number of hydrogen-bond acceptors (Lipinski definition) is 4. The van der Waals surface area contributed by atoms with Gasteiger partial charge in [-0.3, -0.25) is 4.79 Å². The van der Waals surface area contributed by atoms with Crippen LogP contribution in [0.2, 0.25) is 5.02 Å². The average Bonchev–Trinajstić information content (AvgIpc) is 2.69. The molecule has 0 aliphatic carbocycles. The number of carbonyl (C=O) groups excluding carboxylic acids is 1. The third-order valence-corrected chi connectivity index (χ3v) is 6.72. The van der Waals surface area contributed by atoms with Crippen LogP contribution in [0, 0.1) is 0 Å². The molecule has 0 fully saturated rings. The van der Waals surface area contributed by atoms with Gasteiger partial charge in [0.15, 0.2) is 0 Å². The van der Waals surface area contributed by atoms with Crippen LogP contribution in [0.1, 0.15) is 25.8 Å². The molecule has 0 aromatic heterocycles. The van der Waals surface area contributed by atoms with Gasteiger partial charge in [0.2, 0.25) is 15.9 Å². The summed E-state index contributed by atoms with van der Waals surface area (Å²) in [6.07, 6.45) is 0.784. The monoisotopic (exact) mass is 516 g/mol. The maximum atomic E-state index is 13.2. The van der Waals surface area contributed by atoms with Gasteiger partial charge in [0.05, 0.1) is 17.5 Å². The first kappa shape index (κ1) is 24.8. The smallest absolute Gasteiger partial charge is 0.243 e. The molecule has 2 aromatic rings. The molecule has 0 heterocycles. The molecule has 0 aliphatic heterocycles. The van der Waals surface area contributed by atoms with E-state index in [2.05, 4.69) is 21.2 Å². The van der Waals surface area contributed by atoms with E-state index in [0.29, 0.717) is 24.6 Å². The van der Waals surface area contributed by atoms with Crippen molar-refractivity contribution in [1.82, 2.24) is 9.62 Å². The molecular formula is C21H26BrClN2O4S. The zero-order chi connectivity index (χ0) is 22.1. The Morgan fingerprint density at radius 1 is 1.13 bits per heavy atom. The summed E-state index contributed by atoms with van der Waals surface area (Å²) < 4.78 is 33.8. The van der Waals surface area contributed by atoms with Crippen molar-refractivity contribution in [3.8, 4) is 0 Å². The predicted molar refractivity (Wildman–Crippen MR) is 122 cm³/mol. The lowest BCUT2D eigenvalue weighted by Gasteiger charge is -2.22. The van der Waals surface area contributed by atoms with Crippen LogP contribution in [0.5, 0.6) is 0 Å². The Labute approximate surface area is 191 Å². The van der Waals surface area contributed by atoms with Crippen LogP contribution in [0.25, 0.3) is 0 Å². The minimum atomic E-state index is -3.87. The zero-order valence-electron chi connectivity index (χ0n) is 17.0. The van der Waals surface area contributed by atoms with Gasteiger partial charge in [0, 0.05) is 29.2 Å². The molecule has 0 aliphatic rings. The fourth-order valence-corrected chi connectivity index (χ4v) is 4.38. The number of nitrogens with zero attached hydrogens (tertiary/aromatic N) is 1. The third-order valence-electron chi connectivity index (χ3n) is 4.14. The van der Waals surface area contributed by atoms with Gasteiger partial charge < -0.3 is 10.1 Å². The number of amides is 1. The zero-order valence-corrected chi connectivity index (χ0v) is 20.1. The number of hydrogen-bond donors (Lipinski definition) is 1. The highest BCUT2D eigenvalue weighted by Gasteiger charge is 2.26. The molecule has 30 heavy (non-hydrogen) atoms. The second kappa shape index (κ2) is 11.8. The Kier molecular flexibility index (Phi) is 9.77.